The van der Waals surface area contributed by atoms with Gasteiger partial charge in [-0.25, -0.2) is 0 Å². The van der Waals surface area contributed by atoms with Crippen molar-refractivity contribution in [3.8, 4) is 0 Å². The molecule has 0 aromatic carbocycles. The van der Waals surface area contributed by atoms with E-state index in [1.165, 1.54) is 0 Å². The van der Waals surface area contributed by atoms with Crippen LogP contribution in [0.2, 0.25) is 0 Å². The van der Waals surface area contributed by atoms with Crippen molar-refractivity contribution in [3.63, 3.8) is 0 Å². The molecule has 0 radical (unpaired) electrons. The molecule has 96 nitrogen and oxygen atoms in total. The van der Waals surface area contributed by atoms with Gasteiger partial charge < -0.3 is 0 Å². The normalized spacial score (nSPS) is 15.5. The second kappa shape index (κ2) is 75.8. The van der Waals surface area contributed by atoms with E-state index in [0.29, 0.717) is 0 Å². The standard InChI is InChI=1S/H2N96/c1-3-5-7-9-11-13-15-17-19-21-23-25-27-29-31-33-35-37-39-41-43-45-47-49-51-53-55-57-59-61-63-65-67-69-71-73-75-77-79-81-83-85-87-89-91-93-95-96-94-92-90-88-86-84-82-80-78-76-74-72-70-68-66-64-62-60-58-56-54-52-50-48-46-44-42-40-38-36-34-32-30-28-26-24-22-20-18-16-14-12-10-8-6-4-2/h1-2H/b3-1?,4-2?,7-5+,8-6+,11-9+,12-10+,15-13+,16-14+,19-17+,20-18+,23-21+,24-22+,27-25+,28-26+,31-29+,32-30+,35-33+,36-34+,39-37+,40-38+,43-41+,44-42+,47-45+,48-46+,51-49+,52-50+,55-53+,56-54+,59-57+,60-58+,63-61+,64-62+,67-65+,68-66+,71-69+,72-70+,75-73+,76-74+,79-77+,80-78+,83-81+,84-82+,87-85+,88-86+,91-89+,92-90+,95-93+,96-94+. The summed E-state index contributed by atoms with van der Waals surface area (Å²) in [5, 5.41) is 279. The van der Waals surface area contributed by atoms with Gasteiger partial charge in [0.05, 0.1) is 0 Å². The Morgan fingerprint density at radius 2 is 0.0833 bits per heavy atom. The maximum absolute atomic E-state index is 6.27. The van der Waals surface area contributed by atoms with Crippen LogP contribution in [-0.4, -0.2) is 0 Å². The van der Waals surface area contributed by atoms with Crippen molar-refractivity contribution >= 4 is 0 Å². The number of hydrogen-bond donors (Lipinski definition) is 2. The fourth-order valence-corrected chi connectivity index (χ4v) is 1.65. The molecule has 0 rings (SSSR count). The summed E-state index contributed by atoms with van der Waals surface area (Å²) in [4.78, 5) is 0. The van der Waals surface area contributed by atoms with Crippen molar-refractivity contribution in [1.29, 1.82) is 11.1 Å². The third kappa shape index (κ3) is 74.8. The quantitative estimate of drug-likeness (QED) is 0.0424. The molecule has 0 atom stereocenters. The number of nitrogens with one attached hydrogen (secondary N) is 2. The van der Waals surface area contributed by atoms with Gasteiger partial charge in [0, 0.05) is 407 Å². The van der Waals surface area contributed by atoms with E-state index in [4.69, 9.17) is 11.1 Å². The average molecular weight is 1350 g/mol. The zero-order chi connectivity index (χ0) is 68.5. The maximum atomic E-state index is 6.27. The van der Waals surface area contributed by atoms with E-state index in [2.05, 4.69) is 491 Å². The molecule has 0 bridgehead atoms. The molecule has 0 spiro atoms. The van der Waals surface area contributed by atoms with Crippen LogP contribution < -0.4 is 0 Å². The Kier molecular flexibility index (Phi) is 60.6. The number of nitrogens with zero attached hydrogens (tertiary/aromatic N) is 94. The monoisotopic (exact) mass is 1350 g/mol. The second-order valence-electron chi connectivity index (χ2n) is 8.43. The van der Waals surface area contributed by atoms with Crippen LogP contribution in [0.4, 0.5) is 0 Å². The van der Waals surface area contributed by atoms with Crippen LogP contribution in [0.5, 0.6) is 0 Å². The molecular weight excluding hydrogens is 1340 g/mol. The first-order valence-electron chi connectivity index (χ1n) is 19.0. The van der Waals surface area contributed by atoms with E-state index in [9.17, 15) is 0 Å². The van der Waals surface area contributed by atoms with Crippen LogP contribution in [0.15, 0.2) is 491 Å². The van der Waals surface area contributed by atoms with Gasteiger partial charge in [-0.1, -0.05) is 0 Å². The fourth-order valence-electron chi connectivity index (χ4n) is 1.65. The minimum Gasteiger partial charge on any atom is -0.183 e. The first-order valence-corrected chi connectivity index (χ1v) is 19.0. The van der Waals surface area contributed by atoms with Gasteiger partial charge in [-0.3, -0.25) is 0 Å². The highest BCUT2D eigenvalue weighted by molar-refractivity contribution is 4.22. The highest BCUT2D eigenvalue weighted by atomic mass is 15.8. The second-order valence-corrected chi connectivity index (χ2v) is 8.43. The van der Waals surface area contributed by atoms with Crippen LogP contribution in [0.3, 0.4) is 0 Å². The lowest BCUT2D eigenvalue weighted by Crippen LogP contribution is -1.52. The Labute approximate surface area is 502 Å². The van der Waals surface area contributed by atoms with E-state index >= 15 is 0 Å². The molecule has 0 fully saturated rings. The Morgan fingerprint density at radius 1 is 0.0521 bits per heavy atom. The maximum Gasteiger partial charge on any atom is 0 e. The van der Waals surface area contributed by atoms with E-state index in [0.717, 1.165) is 0 Å². The van der Waals surface area contributed by atoms with Crippen molar-refractivity contribution in [3.05, 3.63) is 0 Å². The Hall–Kier alpha value is -19.2. The lowest BCUT2D eigenvalue weighted by molar-refractivity contribution is 0.723. The van der Waals surface area contributed by atoms with Crippen molar-refractivity contribution in [2.45, 2.75) is 0 Å². The first-order chi connectivity index (χ1) is 47.9. The summed E-state index contributed by atoms with van der Waals surface area (Å²) in [5.41, 5.74) is 12.5. The Balaban J connectivity index is 4.12. The molecule has 2 N–H and O–H groups in total. The number of rotatable bonds is 47. The SMILES string of the molecule is N=N/N=N/N=N/N=N/N=N/N=N/N=N/N=N/N=N/N=N/N=N/N=N/N=N/N=N/N=N/N=N/N=N/N=N/N=N/N=N/N=N/N=N/N=N/N=N/N=N/N=N/N=N/N=N/N=N/N=N/N=N/N=N/N=N/N=N/N=N/N=N/N=N/N=N/N=N/N=N/N=N/N=N/N=N/N=N/N=N/N=N/N=N/N=N. The average Bonchev–Trinajstić information content (AvgIpc) is 3.61. The molecule has 0 amide bonds. The zero-order valence-electron chi connectivity index (χ0n) is 43.0. The molecule has 0 saturated carbocycles. The third-order valence-corrected chi connectivity index (χ3v) is 3.73. The molecular formula is H2N96. The van der Waals surface area contributed by atoms with Crippen LogP contribution in [0.25, 0.3) is 0 Å². The van der Waals surface area contributed by atoms with Gasteiger partial charge in [-0.2, -0.15) is 11.1 Å². The largest absolute Gasteiger partial charge is 0.183 e. The van der Waals surface area contributed by atoms with E-state index in [-0.39, 0.29) is 0 Å². The molecule has 0 aliphatic heterocycles. The summed E-state index contributed by atoms with van der Waals surface area (Å²) < 4.78 is 0. The summed E-state index contributed by atoms with van der Waals surface area (Å²) >= 11 is 0. The molecule has 0 aromatic rings. The van der Waals surface area contributed by atoms with Gasteiger partial charge in [-0.05, 0) is 83.6 Å². The van der Waals surface area contributed by atoms with Crippen LogP contribution in [-0.2, 0) is 0 Å². The predicted molar refractivity (Wildman–Crippen MR) is 234 cm³/mol. The lowest BCUT2D eigenvalue weighted by atomic mass is 12.3. The predicted octanol–water partition coefficient (Wildman–Crippen LogP) is 17.9. The summed E-state index contributed by atoms with van der Waals surface area (Å²) in [7, 11) is 0. The lowest BCUT2D eigenvalue weighted by Gasteiger charge is -1.71. The highest BCUT2D eigenvalue weighted by Crippen LogP contribution is 1.98. The molecule has 0 unspecified atom stereocenters. The van der Waals surface area contributed by atoms with Crippen molar-refractivity contribution < 1.29 is 0 Å². The Morgan fingerprint density at radius 3 is 0.115 bits per heavy atom. The van der Waals surface area contributed by atoms with Gasteiger partial charge in [0.1, 0.15) is 0 Å². The molecule has 0 heterocycles. The summed E-state index contributed by atoms with van der Waals surface area (Å²) in [6.07, 6.45) is 0. The van der Waals surface area contributed by atoms with E-state index < -0.39 is 0 Å². The number of hydrogen-bond acceptors (Lipinski definition) is 2. The molecule has 0 saturated heterocycles. The molecule has 482 valence electrons. The van der Waals surface area contributed by atoms with Gasteiger partial charge in [0.15, 0.2) is 0 Å². The minimum absolute atomic E-state index is 2.50. The fraction of sp³-hybridized carbons (Fsp3) is 0. The van der Waals surface area contributed by atoms with E-state index in [1.54, 1.807) is 0 Å². The summed E-state index contributed by atoms with van der Waals surface area (Å²) in [6.45, 7) is 0. The molecule has 0 aliphatic carbocycles. The van der Waals surface area contributed by atoms with Crippen molar-refractivity contribution in [2.24, 2.45) is 491 Å². The van der Waals surface area contributed by atoms with E-state index in [1.807, 2.05) is 0 Å². The van der Waals surface area contributed by atoms with Crippen LogP contribution in [0, 0.1) is 11.1 Å². The highest BCUT2D eigenvalue weighted by Gasteiger charge is 1.79. The smallest absolute Gasteiger partial charge is 0 e. The van der Waals surface area contributed by atoms with Gasteiger partial charge in [0.25, 0.3) is 0 Å². The molecule has 96 heavy (non-hydrogen) atoms. The van der Waals surface area contributed by atoms with Crippen LogP contribution >= 0.6 is 0 Å². The molecule has 96 heteroatoms. The van der Waals surface area contributed by atoms with Gasteiger partial charge >= 0.3 is 0 Å². The van der Waals surface area contributed by atoms with Gasteiger partial charge in [0.2, 0.25) is 0 Å². The van der Waals surface area contributed by atoms with Crippen LogP contribution in [0.1, 0.15) is 0 Å². The van der Waals surface area contributed by atoms with Crippen molar-refractivity contribution in [1.82, 2.24) is 0 Å². The van der Waals surface area contributed by atoms with Crippen molar-refractivity contribution in [2.75, 3.05) is 0 Å². The Bertz CT molecular complexity index is 3300. The molecule has 0 aromatic heterocycles. The summed E-state index contributed by atoms with van der Waals surface area (Å²) in [6, 6.07) is 0. The topological polar surface area (TPSA) is 1210 Å². The summed E-state index contributed by atoms with van der Waals surface area (Å²) in [5.74, 6) is 0. The third-order valence-electron chi connectivity index (χ3n) is 3.73. The first kappa shape index (κ1) is 76.8. The minimum atomic E-state index is 2.50. The van der Waals surface area contributed by atoms with Gasteiger partial charge in [-0.15, -0.1) is 0 Å². The zero-order valence-corrected chi connectivity index (χ0v) is 43.0. The molecule has 0 aliphatic rings.